The summed E-state index contributed by atoms with van der Waals surface area (Å²) in [6.07, 6.45) is 0. The standard InChI is InChI=1S/C17H19F2NO/c1-3-21-16-8-5-13(6-9-16)12(2)20-11-14-4-7-15(18)10-17(14)19/h4-10,12,20H,3,11H2,1-2H3. The highest BCUT2D eigenvalue weighted by molar-refractivity contribution is 5.29. The van der Waals surface area contributed by atoms with Crippen molar-refractivity contribution in [3.05, 3.63) is 65.2 Å². The Bertz CT molecular complexity index is 584. The first-order valence-electron chi connectivity index (χ1n) is 7.00. The van der Waals surface area contributed by atoms with E-state index in [9.17, 15) is 8.78 Å². The molecule has 0 amide bonds. The highest BCUT2D eigenvalue weighted by atomic mass is 19.1. The number of hydrogen-bond acceptors (Lipinski definition) is 2. The molecule has 0 fully saturated rings. The summed E-state index contributed by atoms with van der Waals surface area (Å²) < 4.78 is 31.8. The molecule has 0 aromatic heterocycles. The second-order valence-corrected chi connectivity index (χ2v) is 4.84. The van der Waals surface area contributed by atoms with Crippen LogP contribution in [0.1, 0.15) is 31.0 Å². The number of benzene rings is 2. The molecule has 0 saturated heterocycles. The van der Waals surface area contributed by atoms with E-state index < -0.39 is 11.6 Å². The van der Waals surface area contributed by atoms with Crippen molar-refractivity contribution in [1.29, 1.82) is 0 Å². The molecule has 2 nitrogen and oxygen atoms in total. The van der Waals surface area contributed by atoms with Crippen molar-refractivity contribution < 1.29 is 13.5 Å². The maximum atomic E-state index is 13.5. The molecule has 2 aromatic rings. The van der Waals surface area contributed by atoms with E-state index in [4.69, 9.17) is 4.74 Å². The Hall–Kier alpha value is -1.94. The molecule has 1 atom stereocenters. The van der Waals surface area contributed by atoms with Crippen LogP contribution in [-0.2, 0) is 6.54 Å². The molecule has 0 saturated carbocycles. The van der Waals surface area contributed by atoms with Crippen LogP contribution < -0.4 is 10.1 Å². The third kappa shape index (κ3) is 4.26. The fourth-order valence-corrected chi connectivity index (χ4v) is 2.07. The lowest BCUT2D eigenvalue weighted by Crippen LogP contribution is -2.18. The van der Waals surface area contributed by atoms with Gasteiger partial charge >= 0.3 is 0 Å². The third-order valence-corrected chi connectivity index (χ3v) is 3.30. The van der Waals surface area contributed by atoms with Crippen molar-refractivity contribution >= 4 is 0 Å². The van der Waals surface area contributed by atoms with E-state index in [1.165, 1.54) is 12.1 Å². The third-order valence-electron chi connectivity index (χ3n) is 3.30. The molecule has 21 heavy (non-hydrogen) atoms. The topological polar surface area (TPSA) is 21.3 Å². The van der Waals surface area contributed by atoms with Crippen molar-refractivity contribution in [1.82, 2.24) is 5.32 Å². The van der Waals surface area contributed by atoms with Gasteiger partial charge in [0, 0.05) is 24.2 Å². The molecule has 1 N–H and O–H groups in total. The molecule has 2 aromatic carbocycles. The molecule has 0 aliphatic rings. The van der Waals surface area contributed by atoms with Gasteiger partial charge < -0.3 is 10.1 Å². The first-order valence-corrected chi connectivity index (χ1v) is 7.00. The van der Waals surface area contributed by atoms with Gasteiger partial charge in [-0.1, -0.05) is 18.2 Å². The molecule has 1 unspecified atom stereocenters. The van der Waals surface area contributed by atoms with Gasteiger partial charge in [0.2, 0.25) is 0 Å². The Morgan fingerprint density at radius 1 is 1.10 bits per heavy atom. The molecular weight excluding hydrogens is 272 g/mol. The van der Waals surface area contributed by atoms with Gasteiger partial charge in [-0.25, -0.2) is 8.78 Å². The second kappa shape index (κ2) is 7.18. The lowest BCUT2D eigenvalue weighted by molar-refractivity contribution is 0.340. The van der Waals surface area contributed by atoms with Gasteiger partial charge in [0.25, 0.3) is 0 Å². The highest BCUT2D eigenvalue weighted by Gasteiger charge is 2.08. The van der Waals surface area contributed by atoms with Crippen LogP contribution in [0.4, 0.5) is 8.78 Å². The summed E-state index contributed by atoms with van der Waals surface area (Å²) in [5, 5.41) is 3.22. The Morgan fingerprint density at radius 3 is 2.43 bits per heavy atom. The van der Waals surface area contributed by atoms with Crippen molar-refractivity contribution in [3.63, 3.8) is 0 Å². The summed E-state index contributed by atoms with van der Waals surface area (Å²) in [7, 11) is 0. The van der Waals surface area contributed by atoms with Crippen LogP contribution in [0, 0.1) is 11.6 Å². The molecule has 4 heteroatoms. The van der Waals surface area contributed by atoms with Crippen LogP contribution in [0.25, 0.3) is 0 Å². The fraction of sp³-hybridized carbons (Fsp3) is 0.294. The van der Waals surface area contributed by atoms with E-state index in [2.05, 4.69) is 5.32 Å². The second-order valence-electron chi connectivity index (χ2n) is 4.84. The number of nitrogens with one attached hydrogen (secondary N) is 1. The molecule has 0 spiro atoms. The minimum absolute atomic E-state index is 0.0603. The molecule has 0 bridgehead atoms. The maximum Gasteiger partial charge on any atom is 0.130 e. The minimum atomic E-state index is -0.559. The molecule has 0 aliphatic carbocycles. The SMILES string of the molecule is CCOc1ccc(C(C)NCc2ccc(F)cc2F)cc1. The zero-order valence-corrected chi connectivity index (χ0v) is 12.2. The zero-order chi connectivity index (χ0) is 15.2. The Balaban J connectivity index is 1.96. The summed E-state index contributed by atoms with van der Waals surface area (Å²) >= 11 is 0. The van der Waals surface area contributed by atoms with E-state index >= 15 is 0 Å². The smallest absolute Gasteiger partial charge is 0.130 e. The van der Waals surface area contributed by atoms with Crippen LogP contribution in [0.15, 0.2) is 42.5 Å². The van der Waals surface area contributed by atoms with E-state index in [0.29, 0.717) is 18.7 Å². The summed E-state index contributed by atoms with van der Waals surface area (Å²) in [4.78, 5) is 0. The average Bonchev–Trinajstić information content (AvgIpc) is 2.47. The fourth-order valence-electron chi connectivity index (χ4n) is 2.07. The average molecular weight is 291 g/mol. The molecular formula is C17H19F2NO. The lowest BCUT2D eigenvalue weighted by Gasteiger charge is -2.15. The normalized spacial score (nSPS) is 12.2. The predicted octanol–water partition coefficient (Wildman–Crippen LogP) is 4.21. The molecule has 2 rings (SSSR count). The van der Waals surface area contributed by atoms with Gasteiger partial charge in [-0.05, 0) is 37.6 Å². The van der Waals surface area contributed by atoms with E-state index in [1.54, 1.807) is 0 Å². The zero-order valence-electron chi connectivity index (χ0n) is 12.2. The van der Waals surface area contributed by atoms with Crippen molar-refractivity contribution in [2.24, 2.45) is 0 Å². The largest absolute Gasteiger partial charge is 0.494 e. The minimum Gasteiger partial charge on any atom is -0.494 e. The van der Waals surface area contributed by atoms with E-state index in [0.717, 1.165) is 17.4 Å². The number of rotatable bonds is 6. The van der Waals surface area contributed by atoms with Crippen LogP contribution in [0.5, 0.6) is 5.75 Å². The Labute approximate surface area is 123 Å². The monoisotopic (exact) mass is 291 g/mol. The summed E-state index contributed by atoms with van der Waals surface area (Å²) in [6.45, 7) is 4.92. The molecule has 0 heterocycles. The van der Waals surface area contributed by atoms with Crippen molar-refractivity contribution in [2.75, 3.05) is 6.61 Å². The highest BCUT2D eigenvalue weighted by Crippen LogP contribution is 2.18. The summed E-state index contributed by atoms with van der Waals surface area (Å²) in [5.41, 5.74) is 1.54. The van der Waals surface area contributed by atoms with Gasteiger partial charge in [-0.2, -0.15) is 0 Å². The Morgan fingerprint density at radius 2 is 1.81 bits per heavy atom. The maximum absolute atomic E-state index is 13.5. The van der Waals surface area contributed by atoms with E-state index in [1.807, 2.05) is 38.1 Å². The van der Waals surface area contributed by atoms with Gasteiger partial charge in [-0.3, -0.25) is 0 Å². The van der Waals surface area contributed by atoms with Crippen LogP contribution >= 0.6 is 0 Å². The molecule has 0 radical (unpaired) electrons. The first kappa shape index (κ1) is 15.4. The number of halogens is 2. The van der Waals surface area contributed by atoms with Gasteiger partial charge in [-0.15, -0.1) is 0 Å². The number of hydrogen-bond donors (Lipinski definition) is 1. The van der Waals surface area contributed by atoms with E-state index in [-0.39, 0.29) is 6.04 Å². The van der Waals surface area contributed by atoms with Crippen LogP contribution in [0.3, 0.4) is 0 Å². The van der Waals surface area contributed by atoms with Crippen molar-refractivity contribution in [3.8, 4) is 5.75 Å². The summed E-state index contributed by atoms with van der Waals surface area (Å²) in [5.74, 6) is -0.254. The first-order chi connectivity index (χ1) is 10.1. The predicted molar refractivity (Wildman–Crippen MR) is 79.2 cm³/mol. The van der Waals surface area contributed by atoms with Crippen LogP contribution in [0.2, 0.25) is 0 Å². The van der Waals surface area contributed by atoms with Gasteiger partial charge in [0.1, 0.15) is 17.4 Å². The van der Waals surface area contributed by atoms with Gasteiger partial charge in [0.15, 0.2) is 0 Å². The van der Waals surface area contributed by atoms with Crippen molar-refractivity contribution in [2.45, 2.75) is 26.4 Å². The molecule has 0 aliphatic heterocycles. The van der Waals surface area contributed by atoms with Crippen LogP contribution in [-0.4, -0.2) is 6.61 Å². The summed E-state index contributed by atoms with van der Waals surface area (Å²) in [6, 6.07) is 11.5. The lowest BCUT2D eigenvalue weighted by atomic mass is 10.1. The van der Waals surface area contributed by atoms with Gasteiger partial charge in [0.05, 0.1) is 6.61 Å². The quantitative estimate of drug-likeness (QED) is 0.860. The number of ether oxygens (including phenoxy) is 1. The molecule has 112 valence electrons. The Kier molecular flexibility index (Phi) is 5.28.